The molecular weight excluding hydrogens is 401 g/mol. The maximum Gasteiger partial charge on any atom is 0.266 e. The molecule has 1 aromatic heterocycles. The van der Waals surface area contributed by atoms with Crippen molar-refractivity contribution in [3.63, 3.8) is 0 Å². The first kappa shape index (κ1) is 19.0. The Bertz CT molecular complexity index is 1330. The Balaban J connectivity index is 1.93. The molecule has 1 heterocycles. The molecule has 0 atom stereocenters. The highest BCUT2D eigenvalue weighted by molar-refractivity contribution is 6.30. The van der Waals surface area contributed by atoms with E-state index < -0.39 is 17.5 Å². The van der Waals surface area contributed by atoms with E-state index in [4.69, 9.17) is 11.6 Å². The van der Waals surface area contributed by atoms with Crippen LogP contribution in [0, 0.1) is 17.5 Å². The fourth-order valence-corrected chi connectivity index (χ4v) is 3.10. The van der Waals surface area contributed by atoms with Gasteiger partial charge in [-0.3, -0.25) is 9.36 Å². The van der Waals surface area contributed by atoms with Crippen molar-refractivity contribution in [1.29, 1.82) is 0 Å². The summed E-state index contributed by atoms with van der Waals surface area (Å²) in [5, 5.41) is 0.232. The third kappa shape index (κ3) is 3.67. The number of hydrogen-bond donors (Lipinski definition) is 0. The van der Waals surface area contributed by atoms with Crippen LogP contribution < -0.4 is 5.56 Å². The molecular formula is C22H12ClF3N2O. The summed E-state index contributed by atoms with van der Waals surface area (Å²) < 4.78 is 41.5. The third-order valence-corrected chi connectivity index (χ3v) is 4.62. The first-order chi connectivity index (χ1) is 13.9. The molecule has 3 nitrogen and oxygen atoms in total. The van der Waals surface area contributed by atoms with Crippen molar-refractivity contribution in [3.05, 3.63) is 105 Å². The second-order valence-electron chi connectivity index (χ2n) is 6.23. The molecule has 0 saturated heterocycles. The molecule has 0 saturated carbocycles. The van der Waals surface area contributed by atoms with Gasteiger partial charge in [0.15, 0.2) is 11.6 Å². The molecule has 0 spiro atoms. The van der Waals surface area contributed by atoms with Crippen LogP contribution in [0.15, 0.2) is 65.5 Å². The zero-order chi connectivity index (χ0) is 20.5. The summed E-state index contributed by atoms with van der Waals surface area (Å²) in [6.45, 7) is 0. The Hall–Kier alpha value is -3.38. The van der Waals surface area contributed by atoms with E-state index >= 15 is 0 Å². The second kappa shape index (κ2) is 7.56. The van der Waals surface area contributed by atoms with Gasteiger partial charge in [-0.15, -0.1) is 0 Å². The number of rotatable bonds is 3. The van der Waals surface area contributed by atoms with Crippen LogP contribution in [0.2, 0.25) is 5.02 Å². The van der Waals surface area contributed by atoms with Gasteiger partial charge in [0.2, 0.25) is 0 Å². The Morgan fingerprint density at radius 3 is 2.38 bits per heavy atom. The van der Waals surface area contributed by atoms with Crippen molar-refractivity contribution < 1.29 is 13.2 Å². The Labute approximate surface area is 168 Å². The van der Waals surface area contributed by atoms with Crippen molar-refractivity contribution in [1.82, 2.24) is 9.55 Å². The molecule has 144 valence electrons. The average molecular weight is 413 g/mol. The van der Waals surface area contributed by atoms with E-state index in [1.165, 1.54) is 34.9 Å². The summed E-state index contributed by atoms with van der Waals surface area (Å²) in [5.74, 6) is -2.33. The smallest absolute Gasteiger partial charge is 0.266 e. The van der Waals surface area contributed by atoms with Crippen LogP contribution in [0.5, 0.6) is 0 Å². The molecule has 0 aliphatic heterocycles. The molecule has 0 bridgehead atoms. The lowest BCUT2D eigenvalue weighted by atomic mass is 10.2. The second-order valence-corrected chi connectivity index (χ2v) is 6.64. The van der Waals surface area contributed by atoms with Gasteiger partial charge in [0, 0.05) is 0 Å². The van der Waals surface area contributed by atoms with Crippen LogP contribution in [-0.2, 0) is 0 Å². The predicted octanol–water partition coefficient (Wildman–Crippen LogP) is 5.63. The zero-order valence-corrected chi connectivity index (χ0v) is 15.5. The van der Waals surface area contributed by atoms with Crippen LogP contribution in [0.25, 0.3) is 28.7 Å². The van der Waals surface area contributed by atoms with Gasteiger partial charge < -0.3 is 0 Å². The molecule has 0 aliphatic carbocycles. The minimum Gasteiger partial charge on any atom is -0.268 e. The van der Waals surface area contributed by atoms with E-state index in [9.17, 15) is 18.0 Å². The van der Waals surface area contributed by atoms with Crippen LogP contribution in [0.3, 0.4) is 0 Å². The number of benzene rings is 3. The van der Waals surface area contributed by atoms with Crippen molar-refractivity contribution in [2.75, 3.05) is 0 Å². The average Bonchev–Trinajstić information content (AvgIpc) is 2.71. The number of para-hydroxylation sites is 1. The van der Waals surface area contributed by atoms with E-state index in [0.717, 1.165) is 18.2 Å². The fourth-order valence-electron chi connectivity index (χ4n) is 2.92. The minimum atomic E-state index is -0.985. The predicted molar refractivity (Wildman–Crippen MR) is 108 cm³/mol. The zero-order valence-electron chi connectivity index (χ0n) is 14.7. The Morgan fingerprint density at radius 1 is 0.862 bits per heavy atom. The quantitative estimate of drug-likeness (QED) is 0.437. The van der Waals surface area contributed by atoms with Crippen LogP contribution in [0.1, 0.15) is 11.4 Å². The largest absolute Gasteiger partial charge is 0.268 e. The maximum absolute atomic E-state index is 13.6. The van der Waals surface area contributed by atoms with Crippen molar-refractivity contribution in [2.24, 2.45) is 0 Å². The lowest BCUT2D eigenvalue weighted by Crippen LogP contribution is -2.22. The summed E-state index contributed by atoms with van der Waals surface area (Å²) in [6, 6.07) is 14.1. The standard InChI is InChI=1S/C22H12ClF3N2O/c23-16-12-14(7-9-17(16)24)28-21(10-6-13-5-8-18(25)19(26)11-13)27-20-4-2-1-3-15(20)22(28)29/h1-12H. The van der Waals surface area contributed by atoms with Crippen molar-refractivity contribution in [2.45, 2.75) is 0 Å². The molecule has 4 aromatic rings. The van der Waals surface area contributed by atoms with Crippen molar-refractivity contribution in [3.8, 4) is 5.69 Å². The first-order valence-corrected chi connectivity index (χ1v) is 8.92. The number of fused-ring (bicyclic) bond motifs is 1. The number of aromatic nitrogens is 2. The van der Waals surface area contributed by atoms with E-state index in [-0.39, 0.29) is 16.4 Å². The molecule has 0 radical (unpaired) electrons. The molecule has 4 rings (SSSR count). The Kier molecular flexibility index (Phi) is 4.94. The van der Waals surface area contributed by atoms with E-state index in [2.05, 4.69) is 4.98 Å². The lowest BCUT2D eigenvalue weighted by molar-refractivity contribution is 0.508. The van der Waals surface area contributed by atoms with Crippen molar-refractivity contribution >= 4 is 34.7 Å². The van der Waals surface area contributed by atoms with Gasteiger partial charge in [0.05, 0.1) is 21.6 Å². The molecule has 0 aliphatic rings. The highest BCUT2D eigenvalue weighted by atomic mass is 35.5. The first-order valence-electron chi connectivity index (χ1n) is 8.54. The fraction of sp³-hybridized carbons (Fsp3) is 0. The Morgan fingerprint density at radius 2 is 1.62 bits per heavy atom. The molecule has 0 unspecified atom stereocenters. The summed E-state index contributed by atoms with van der Waals surface area (Å²) in [7, 11) is 0. The molecule has 3 aromatic carbocycles. The SMILES string of the molecule is O=c1c2ccccc2nc(C=Cc2ccc(F)c(F)c2)n1-c1ccc(F)c(Cl)c1. The van der Waals surface area contributed by atoms with Gasteiger partial charge in [0.1, 0.15) is 11.6 Å². The van der Waals surface area contributed by atoms with Crippen LogP contribution >= 0.6 is 11.6 Å². The van der Waals surface area contributed by atoms with Gasteiger partial charge in [-0.1, -0.05) is 35.9 Å². The summed E-state index contributed by atoms with van der Waals surface area (Å²) in [4.78, 5) is 17.6. The van der Waals surface area contributed by atoms with E-state index in [1.807, 2.05) is 0 Å². The van der Waals surface area contributed by atoms with Gasteiger partial charge in [-0.25, -0.2) is 18.2 Å². The number of hydrogen-bond acceptors (Lipinski definition) is 2. The topological polar surface area (TPSA) is 34.9 Å². The summed E-state index contributed by atoms with van der Waals surface area (Å²) in [5.41, 5.74) is 0.801. The van der Waals surface area contributed by atoms with E-state index in [1.54, 1.807) is 24.3 Å². The summed E-state index contributed by atoms with van der Waals surface area (Å²) >= 11 is 5.89. The summed E-state index contributed by atoms with van der Waals surface area (Å²) in [6.07, 6.45) is 3.00. The van der Waals surface area contributed by atoms with Crippen LogP contribution in [-0.4, -0.2) is 9.55 Å². The molecule has 0 N–H and O–H groups in total. The van der Waals surface area contributed by atoms with Gasteiger partial charge in [-0.05, 0) is 54.1 Å². The normalized spacial score (nSPS) is 11.4. The molecule has 0 fully saturated rings. The monoisotopic (exact) mass is 412 g/mol. The molecule has 7 heteroatoms. The number of halogens is 4. The van der Waals surface area contributed by atoms with Gasteiger partial charge in [-0.2, -0.15) is 0 Å². The highest BCUT2D eigenvalue weighted by Gasteiger charge is 2.12. The van der Waals surface area contributed by atoms with Gasteiger partial charge in [0.25, 0.3) is 5.56 Å². The van der Waals surface area contributed by atoms with Crippen LogP contribution in [0.4, 0.5) is 13.2 Å². The third-order valence-electron chi connectivity index (χ3n) is 4.33. The molecule has 29 heavy (non-hydrogen) atoms. The van der Waals surface area contributed by atoms with Gasteiger partial charge >= 0.3 is 0 Å². The highest BCUT2D eigenvalue weighted by Crippen LogP contribution is 2.21. The maximum atomic E-state index is 13.6. The number of nitrogens with zero attached hydrogens (tertiary/aromatic N) is 2. The minimum absolute atomic E-state index is 0.141. The van der Waals surface area contributed by atoms with E-state index in [0.29, 0.717) is 22.2 Å². The lowest BCUT2D eigenvalue weighted by Gasteiger charge is -2.12. The molecule has 0 amide bonds.